The van der Waals surface area contributed by atoms with Crippen LogP contribution in [-0.2, 0) is 9.59 Å². The van der Waals surface area contributed by atoms with Crippen molar-refractivity contribution in [1.82, 2.24) is 0 Å². The quantitative estimate of drug-likeness (QED) is 0.769. The fourth-order valence-corrected chi connectivity index (χ4v) is 2.41. The summed E-state index contributed by atoms with van der Waals surface area (Å²) in [4.78, 5) is 23.7. The average Bonchev–Trinajstić information content (AvgIpc) is 2.48. The lowest BCUT2D eigenvalue weighted by Crippen LogP contribution is -2.34. The van der Waals surface area contributed by atoms with Crippen LogP contribution < -0.4 is 16.0 Å². The monoisotopic (exact) mass is 275 g/mol. The van der Waals surface area contributed by atoms with Crippen LogP contribution in [0.2, 0.25) is 0 Å². The third-order valence-corrected chi connectivity index (χ3v) is 3.67. The zero-order valence-electron chi connectivity index (χ0n) is 11.5. The molecule has 0 aromatic heterocycles. The van der Waals surface area contributed by atoms with Crippen molar-refractivity contribution in [3.63, 3.8) is 0 Å². The summed E-state index contributed by atoms with van der Waals surface area (Å²) in [6.45, 7) is 2.41. The molecular weight excluding hydrogens is 254 g/mol. The number of rotatable bonds is 6. The SMILES string of the molecule is NC(=O)CCNc1ccc(N2CCC(C=O)CC2)cc1. The molecule has 1 aromatic carbocycles. The summed E-state index contributed by atoms with van der Waals surface area (Å²) < 4.78 is 0. The summed E-state index contributed by atoms with van der Waals surface area (Å²) in [7, 11) is 0. The van der Waals surface area contributed by atoms with Gasteiger partial charge in [-0.2, -0.15) is 0 Å². The van der Waals surface area contributed by atoms with E-state index in [0.717, 1.165) is 37.9 Å². The van der Waals surface area contributed by atoms with Crippen LogP contribution in [0.5, 0.6) is 0 Å². The van der Waals surface area contributed by atoms with E-state index in [-0.39, 0.29) is 11.8 Å². The van der Waals surface area contributed by atoms with Gasteiger partial charge in [-0.25, -0.2) is 0 Å². The first-order valence-electron chi connectivity index (χ1n) is 7.01. The normalized spacial score (nSPS) is 15.9. The summed E-state index contributed by atoms with van der Waals surface area (Å²) in [6.07, 6.45) is 3.27. The number of hydrogen-bond acceptors (Lipinski definition) is 4. The zero-order chi connectivity index (χ0) is 14.4. The molecule has 108 valence electrons. The van der Waals surface area contributed by atoms with Gasteiger partial charge in [-0.15, -0.1) is 0 Å². The van der Waals surface area contributed by atoms with E-state index in [1.54, 1.807) is 0 Å². The standard InChI is InChI=1S/C15H21N3O2/c16-15(20)5-8-17-13-1-3-14(4-2-13)18-9-6-12(11-19)7-10-18/h1-4,11-12,17H,5-10H2,(H2,16,20). The molecule has 20 heavy (non-hydrogen) atoms. The van der Waals surface area contributed by atoms with Crippen molar-refractivity contribution in [2.75, 3.05) is 29.9 Å². The summed E-state index contributed by atoms with van der Waals surface area (Å²) in [6, 6.07) is 8.13. The van der Waals surface area contributed by atoms with Crippen molar-refractivity contribution in [3.8, 4) is 0 Å². The smallest absolute Gasteiger partial charge is 0.219 e. The Morgan fingerprint density at radius 3 is 2.50 bits per heavy atom. The summed E-state index contributed by atoms with van der Waals surface area (Å²) in [5, 5.41) is 3.16. The first kappa shape index (κ1) is 14.4. The Morgan fingerprint density at radius 2 is 1.95 bits per heavy atom. The van der Waals surface area contributed by atoms with E-state index in [2.05, 4.69) is 22.3 Å². The number of hydrogen-bond donors (Lipinski definition) is 2. The van der Waals surface area contributed by atoms with Crippen molar-refractivity contribution in [2.24, 2.45) is 11.7 Å². The largest absolute Gasteiger partial charge is 0.385 e. The molecule has 5 nitrogen and oxygen atoms in total. The van der Waals surface area contributed by atoms with Crippen LogP contribution in [0, 0.1) is 5.92 Å². The second kappa shape index (κ2) is 6.93. The molecule has 3 N–H and O–H groups in total. The highest BCUT2D eigenvalue weighted by molar-refractivity contribution is 5.74. The molecule has 0 radical (unpaired) electrons. The molecule has 1 aromatic rings. The van der Waals surface area contributed by atoms with Crippen molar-refractivity contribution in [1.29, 1.82) is 0 Å². The molecule has 0 saturated carbocycles. The summed E-state index contributed by atoms with van der Waals surface area (Å²) in [5.41, 5.74) is 7.25. The number of benzene rings is 1. The maximum atomic E-state index is 10.7. The van der Waals surface area contributed by atoms with Gasteiger partial charge in [-0.05, 0) is 37.1 Å². The number of piperidine rings is 1. The summed E-state index contributed by atoms with van der Waals surface area (Å²) in [5.74, 6) is -0.0758. The molecule has 1 aliphatic heterocycles. The number of amides is 1. The Labute approximate surface area is 119 Å². The van der Waals surface area contributed by atoms with Gasteiger partial charge in [0.2, 0.25) is 5.91 Å². The van der Waals surface area contributed by atoms with Crippen LogP contribution in [0.3, 0.4) is 0 Å². The number of anilines is 2. The number of nitrogens with zero attached hydrogens (tertiary/aromatic N) is 1. The third kappa shape index (κ3) is 3.98. The van der Waals surface area contributed by atoms with E-state index in [0.29, 0.717) is 13.0 Å². The number of carbonyl (C=O) groups excluding carboxylic acids is 2. The first-order chi connectivity index (χ1) is 9.69. The van der Waals surface area contributed by atoms with Gasteiger partial charge in [0.1, 0.15) is 6.29 Å². The van der Waals surface area contributed by atoms with Gasteiger partial charge in [-0.3, -0.25) is 4.79 Å². The minimum absolute atomic E-state index is 0.223. The van der Waals surface area contributed by atoms with E-state index in [9.17, 15) is 9.59 Å². The van der Waals surface area contributed by atoms with E-state index in [1.165, 1.54) is 5.69 Å². The molecule has 0 unspecified atom stereocenters. The Hall–Kier alpha value is -2.04. The molecule has 0 atom stereocenters. The van der Waals surface area contributed by atoms with Gasteiger partial charge in [-0.1, -0.05) is 0 Å². The van der Waals surface area contributed by atoms with Crippen molar-refractivity contribution < 1.29 is 9.59 Å². The topological polar surface area (TPSA) is 75.4 Å². The van der Waals surface area contributed by atoms with Gasteiger partial charge in [0.15, 0.2) is 0 Å². The second-order valence-corrected chi connectivity index (χ2v) is 5.15. The highest BCUT2D eigenvalue weighted by Crippen LogP contribution is 2.23. The molecule has 1 saturated heterocycles. The van der Waals surface area contributed by atoms with Crippen LogP contribution in [0.4, 0.5) is 11.4 Å². The Kier molecular flexibility index (Phi) is 4.98. The van der Waals surface area contributed by atoms with E-state index in [4.69, 9.17) is 5.73 Å². The van der Waals surface area contributed by atoms with Crippen molar-refractivity contribution in [2.45, 2.75) is 19.3 Å². The molecule has 0 spiro atoms. The van der Waals surface area contributed by atoms with Gasteiger partial charge in [0.05, 0.1) is 0 Å². The first-order valence-corrected chi connectivity index (χ1v) is 7.01. The van der Waals surface area contributed by atoms with Crippen molar-refractivity contribution >= 4 is 23.6 Å². The predicted octanol–water partition coefficient (Wildman–Crippen LogP) is 1.39. The van der Waals surface area contributed by atoms with Crippen LogP contribution in [-0.4, -0.2) is 31.8 Å². The molecule has 0 bridgehead atoms. The highest BCUT2D eigenvalue weighted by Gasteiger charge is 2.18. The van der Waals surface area contributed by atoms with Gasteiger partial charge >= 0.3 is 0 Å². The lowest BCUT2D eigenvalue weighted by Gasteiger charge is -2.31. The molecule has 1 fully saturated rings. The lowest BCUT2D eigenvalue weighted by atomic mass is 9.98. The van der Waals surface area contributed by atoms with Gasteiger partial charge in [0.25, 0.3) is 0 Å². The Balaban J connectivity index is 1.85. The van der Waals surface area contributed by atoms with Crippen LogP contribution in [0.25, 0.3) is 0 Å². The van der Waals surface area contributed by atoms with E-state index in [1.807, 2.05) is 12.1 Å². The number of aldehydes is 1. The second-order valence-electron chi connectivity index (χ2n) is 5.15. The minimum atomic E-state index is -0.299. The van der Waals surface area contributed by atoms with E-state index < -0.39 is 0 Å². The van der Waals surface area contributed by atoms with Crippen LogP contribution in [0.1, 0.15) is 19.3 Å². The molecule has 2 rings (SSSR count). The maximum Gasteiger partial charge on any atom is 0.219 e. The number of nitrogens with two attached hydrogens (primary N) is 1. The molecule has 5 heteroatoms. The molecule has 1 amide bonds. The fourth-order valence-electron chi connectivity index (χ4n) is 2.41. The third-order valence-electron chi connectivity index (χ3n) is 3.67. The van der Waals surface area contributed by atoms with Gasteiger partial charge < -0.3 is 20.7 Å². The van der Waals surface area contributed by atoms with Gasteiger partial charge in [0, 0.05) is 43.3 Å². The number of primary amides is 1. The summed E-state index contributed by atoms with van der Waals surface area (Å²) >= 11 is 0. The predicted molar refractivity (Wildman–Crippen MR) is 79.7 cm³/mol. The highest BCUT2D eigenvalue weighted by atomic mass is 16.1. The van der Waals surface area contributed by atoms with Crippen molar-refractivity contribution in [3.05, 3.63) is 24.3 Å². The molecule has 1 aliphatic rings. The molecule has 1 heterocycles. The fraction of sp³-hybridized carbons (Fsp3) is 0.467. The maximum absolute atomic E-state index is 10.7. The number of nitrogens with one attached hydrogen (secondary N) is 1. The molecule has 0 aliphatic carbocycles. The van der Waals surface area contributed by atoms with Crippen LogP contribution in [0.15, 0.2) is 24.3 Å². The van der Waals surface area contributed by atoms with E-state index >= 15 is 0 Å². The molecular formula is C15H21N3O2. The zero-order valence-corrected chi connectivity index (χ0v) is 11.5. The average molecular weight is 275 g/mol. The lowest BCUT2D eigenvalue weighted by molar-refractivity contribution is -0.117. The number of carbonyl (C=O) groups is 2. The Morgan fingerprint density at radius 1 is 1.30 bits per heavy atom. The van der Waals surface area contributed by atoms with Crippen LogP contribution >= 0.6 is 0 Å². The minimum Gasteiger partial charge on any atom is -0.385 e. The Bertz CT molecular complexity index is 451.